The molecule has 0 aliphatic rings. The van der Waals surface area contributed by atoms with Gasteiger partial charge in [0, 0.05) is 6.92 Å². The van der Waals surface area contributed by atoms with E-state index in [1.807, 2.05) is 18.2 Å². The Morgan fingerprint density at radius 1 is 1.08 bits per heavy atom. The summed E-state index contributed by atoms with van der Waals surface area (Å²) in [6.07, 6.45) is -0.588. The topological polar surface area (TPSA) is 122 Å². The van der Waals surface area contributed by atoms with Crippen molar-refractivity contribution in [3.63, 3.8) is 0 Å². The summed E-state index contributed by atoms with van der Waals surface area (Å²) in [6.45, 7) is 4.68. The molecule has 1 aromatic rings. The van der Waals surface area contributed by atoms with Crippen molar-refractivity contribution in [3.8, 4) is 0 Å². The molecular weight excluding hydrogens is 340 g/mol. The van der Waals surface area contributed by atoms with Gasteiger partial charge in [-0.25, -0.2) is 4.79 Å². The van der Waals surface area contributed by atoms with Gasteiger partial charge in [0.25, 0.3) is 0 Å². The molecule has 0 fully saturated rings. The van der Waals surface area contributed by atoms with Crippen LogP contribution in [0.3, 0.4) is 0 Å². The first-order chi connectivity index (χ1) is 12.2. The minimum Gasteiger partial charge on any atom is -0.481 e. The lowest BCUT2D eigenvalue weighted by Crippen LogP contribution is -2.53. The Labute approximate surface area is 151 Å². The van der Waals surface area contributed by atoms with Crippen LogP contribution in [-0.4, -0.2) is 40.9 Å². The van der Waals surface area contributed by atoms with Crippen LogP contribution in [0.2, 0.25) is 0 Å². The average Bonchev–Trinajstić information content (AvgIpc) is 2.56. The van der Waals surface area contributed by atoms with E-state index in [-0.39, 0.29) is 12.5 Å². The maximum atomic E-state index is 12.3. The van der Waals surface area contributed by atoms with Gasteiger partial charge < -0.3 is 20.5 Å². The van der Waals surface area contributed by atoms with Crippen molar-refractivity contribution >= 4 is 23.8 Å². The third kappa shape index (κ3) is 7.33. The summed E-state index contributed by atoms with van der Waals surface area (Å²) in [7, 11) is 0. The molecule has 0 unspecified atom stereocenters. The second-order valence-corrected chi connectivity index (χ2v) is 6.17. The third-order valence-corrected chi connectivity index (χ3v) is 3.52. The number of ether oxygens (including phenoxy) is 1. The highest BCUT2D eigenvalue weighted by Gasteiger charge is 2.30. The molecule has 3 N–H and O–H groups in total. The highest BCUT2D eigenvalue weighted by atomic mass is 16.5. The second-order valence-electron chi connectivity index (χ2n) is 6.17. The fourth-order valence-electron chi connectivity index (χ4n) is 2.20. The lowest BCUT2D eigenvalue weighted by molar-refractivity contribution is -0.150. The van der Waals surface area contributed by atoms with E-state index in [0.717, 1.165) is 5.56 Å². The Morgan fingerprint density at radius 3 is 2.19 bits per heavy atom. The van der Waals surface area contributed by atoms with Crippen molar-refractivity contribution < 1.29 is 29.0 Å². The number of nitrogens with one attached hydrogen (secondary N) is 2. The summed E-state index contributed by atoms with van der Waals surface area (Å²) in [6, 6.07) is 6.84. The molecule has 1 aromatic carbocycles. The van der Waals surface area contributed by atoms with E-state index < -0.39 is 42.3 Å². The van der Waals surface area contributed by atoms with E-state index in [2.05, 4.69) is 10.6 Å². The largest absolute Gasteiger partial charge is 0.481 e. The zero-order valence-electron chi connectivity index (χ0n) is 15.0. The first-order valence-electron chi connectivity index (χ1n) is 8.20. The number of carbonyl (C=O) groups is 4. The lowest BCUT2D eigenvalue weighted by atomic mass is 10.0. The Bertz CT molecular complexity index is 628. The number of hydrogen-bond donors (Lipinski definition) is 3. The van der Waals surface area contributed by atoms with E-state index in [1.54, 1.807) is 26.0 Å². The number of hydrogen-bond acceptors (Lipinski definition) is 5. The zero-order valence-corrected chi connectivity index (χ0v) is 15.0. The van der Waals surface area contributed by atoms with Gasteiger partial charge in [0.05, 0.1) is 6.42 Å². The maximum absolute atomic E-state index is 12.3. The van der Waals surface area contributed by atoms with Crippen molar-refractivity contribution in [2.24, 2.45) is 5.92 Å². The van der Waals surface area contributed by atoms with Gasteiger partial charge in [0.1, 0.15) is 18.7 Å². The van der Waals surface area contributed by atoms with Crippen molar-refractivity contribution in [1.82, 2.24) is 10.6 Å². The quantitative estimate of drug-likeness (QED) is 0.559. The number of rotatable bonds is 9. The molecule has 0 bridgehead atoms. The summed E-state index contributed by atoms with van der Waals surface area (Å²) >= 11 is 0. The Kier molecular flexibility index (Phi) is 8.27. The number of carboxylic acid groups (broad SMARTS) is 1. The second kappa shape index (κ2) is 10.2. The van der Waals surface area contributed by atoms with Crippen molar-refractivity contribution in [1.29, 1.82) is 0 Å². The van der Waals surface area contributed by atoms with E-state index >= 15 is 0 Å². The molecule has 0 aliphatic heterocycles. The van der Waals surface area contributed by atoms with E-state index in [0.29, 0.717) is 0 Å². The van der Waals surface area contributed by atoms with Crippen LogP contribution >= 0.6 is 0 Å². The summed E-state index contributed by atoms with van der Waals surface area (Å²) in [5, 5.41) is 13.6. The van der Waals surface area contributed by atoms with Crippen molar-refractivity contribution in [3.05, 3.63) is 35.9 Å². The number of esters is 1. The fraction of sp³-hybridized carbons (Fsp3) is 0.444. The van der Waals surface area contributed by atoms with Gasteiger partial charge >= 0.3 is 11.9 Å². The average molecular weight is 364 g/mol. The molecule has 8 heteroatoms. The summed E-state index contributed by atoms with van der Waals surface area (Å²) in [5.74, 6) is -3.46. The van der Waals surface area contributed by atoms with Crippen molar-refractivity contribution in [2.45, 2.75) is 45.9 Å². The normalized spacial score (nSPS) is 12.8. The van der Waals surface area contributed by atoms with Gasteiger partial charge in [0.2, 0.25) is 11.8 Å². The highest BCUT2D eigenvalue weighted by molar-refractivity contribution is 5.92. The monoisotopic (exact) mass is 364 g/mol. The van der Waals surface area contributed by atoms with Crippen LogP contribution < -0.4 is 10.6 Å². The SMILES string of the molecule is CC(=O)N[C@@H](CC(=O)O)C(=O)N[C@H](C(=O)OCc1ccccc1)C(C)C. The number of benzene rings is 1. The van der Waals surface area contributed by atoms with Crippen LogP contribution in [-0.2, 0) is 30.5 Å². The van der Waals surface area contributed by atoms with Crippen LogP contribution in [0.15, 0.2) is 30.3 Å². The first-order valence-corrected chi connectivity index (χ1v) is 8.20. The van der Waals surface area contributed by atoms with Crippen molar-refractivity contribution in [2.75, 3.05) is 0 Å². The summed E-state index contributed by atoms with van der Waals surface area (Å²) in [5.41, 5.74) is 0.802. The van der Waals surface area contributed by atoms with Gasteiger partial charge in [-0.1, -0.05) is 44.2 Å². The predicted octanol–water partition coefficient (Wildman–Crippen LogP) is 0.850. The van der Waals surface area contributed by atoms with Crippen LogP contribution in [0.5, 0.6) is 0 Å². The molecule has 8 nitrogen and oxygen atoms in total. The molecule has 2 atom stereocenters. The molecule has 142 valence electrons. The molecular formula is C18H24N2O6. The minimum absolute atomic E-state index is 0.0585. The van der Waals surface area contributed by atoms with Crippen LogP contribution in [0.1, 0.15) is 32.8 Å². The number of carbonyl (C=O) groups excluding carboxylic acids is 3. The van der Waals surface area contributed by atoms with Gasteiger partial charge in [-0.3, -0.25) is 14.4 Å². The van der Waals surface area contributed by atoms with Crippen LogP contribution in [0, 0.1) is 5.92 Å². The van der Waals surface area contributed by atoms with E-state index in [1.165, 1.54) is 6.92 Å². The van der Waals surface area contributed by atoms with Crippen LogP contribution in [0.25, 0.3) is 0 Å². The fourth-order valence-corrected chi connectivity index (χ4v) is 2.20. The number of carboxylic acids is 1. The number of aliphatic carboxylic acids is 1. The Hall–Kier alpha value is -2.90. The molecule has 0 heterocycles. The summed E-state index contributed by atoms with van der Waals surface area (Å²) in [4.78, 5) is 46.7. The van der Waals surface area contributed by atoms with Gasteiger partial charge in [-0.15, -0.1) is 0 Å². The predicted molar refractivity (Wildman–Crippen MR) is 92.9 cm³/mol. The maximum Gasteiger partial charge on any atom is 0.329 e. The molecule has 0 aliphatic carbocycles. The van der Waals surface area contributed by atoms with Gasteiger partial charge in [-0.05, 0) is 11.5 Å². The van der Waals surface area contributed by atoms with E-state index in [4.69, 9.17) is 9.84 Å². The Balaban J connectivity index is 2.74. The standard InChI is InChI=1S/C18H24N2O6/c1-11(2)16(18(25)26-10-13-7-5-4-6-8-13)20-17(24)14(9-15(22)23)19-12(3)21/h4-8,11,14,16H,9-10H2,1-3H3,(H,19,21)(H,20,24)(H,22,23)/t14-,16-/m0/s1. The van der Waals surface area contributed by atoms with Gasteiger partial charge in [0.15, 0.2) is 0 Å². The lowest BCUT2D eigenvalue weighted by Gasteiger charge is -2.24. The number of amides is 2. The molecule has 0 saturated carbocycles. The zero-order chi connectivity index (χ0) is 19.7. The summed E-state index contributed by atoms with van der Waals surface area (Å²) < 4.78 is 5.24. The third-order valence-electron chi connectivity index (χ3n) is 3.52. The molecule has 2 amide bonds. The molecule has 1 rings (SSSR count). The molecule has 0 spiro atoms. The van der Waals surface area contributed by atoms with Crippen LogP contribution in [0.4, 0.5) is 0 Å². The molecule has 0 saturated heterocycles. The highest BCUT2D eigenvalue weighted by Crippen LogP contribution is 2.08. The first kappa shape index (κ1) is 21.1. The molecule has 0 aromatic heterocycles. The van der Waals surface area contributed by atoms with Gasteiger partial charge in [-0.2, -0.15) is 0 Å². The molecule has 0 radical (unpaired) electrons. The Morgan fingerprint density at radius 2 is 1.69 bits per heavy atom. The smallest absolute Gasteiger partial charge is 0.329 e. The minimum atomic E-state index is -1.27. The molecule has 26 heavy (non-hydrogen) atoms. The van der Waals surface area contributed by atoms with E-state index in [9.17, 15) is 19.2 Å².